The van der Waals surface area contributed by atoms with Gasteiger partial charge in [0.2, 0.25) is 10.0 Å². The minimum atomic E-state index is -3.40. The molecule has 0 aliphatic rings. The molecule has 0 fully saturated rings. The van der Waals surface area contributed by atoms with E-state index in [4.69, 9.17) is 0 Å². The van der Waals surface area contributed by atoms with E-state index < -0.39 is 10.0 Å². The van der Waals surface area contributed by atoms with Gasteiger partial charge in [0.25, 0.3) is 0 Å². The molecule has 0 aliphatic carbocycles. The van der Waals surface area contributed by atoms with E-state index in [0.29, 0.717) is 23.5 Å². The third-order valence-corrected chi connectivity index (χ3v) is 6.51. The Hall–Kier alpha value is -1.64. The van der Waals surface area contributed by atoms with E-state index in [1.165, 1.54) is 18.4 Å². The van der Waals surface area contributed by atoms with Gasteiger partial charge in [0.05, 0.1) is 11.4 Å². The van der Waals surface area contributed by atoms with Gasteiger partial charge in [-0.3, -0.25) is 4.90 Å². The Kier molecular flexibility index (Phi) is 10.6. The van der Waals surface area contributed by atoms with Gasteiger partial charge in [0, 0.05) is 45.8 Å². The Bertz CT molecular complexity index is 720. The van der Waals surface area contributed by atoms with Crippen molar-refractivity contribution in [1.29, 1.82) is 0 Å². The van der Waals surface area contributed by atoms with Gasteiger partial charge in [-0.2, -0.15) is 0 Å². The van der Waals surface area contributed by atoms with Crippen molar-refractivity contribution in [3.8, 4) is 0 Å². The molecule has 1 rings (SSSR count). The van der Waals surface area contributed by atoms with E-state index >= 15 is 0 Å². The summed E-state index contributed by atoms with van der Waals surface area (Å²) >= 11 is 0. The third-order valence-electron chi connectivity index (χ3n) is 4.68. The van der Waals surface area contributed by atoms with Crippen LogP contribution in [0.3, 0.4) is 0 Å². The Morgan fingerprint density at radius 2 is 1.62 bits per heavy atom. The smallest absolute Gasteiger partial charge is 0.242 e. The number of hydrogen-bond donors (Lipinski definition) is 2. The third kappa shape index (κ3) is 8.32. The molecule has 0 amide bonds. The van der Waals surface area contributed by atoms with Gasteiger partial charge in [0.15, 0.2) is 5.96 Å². The summed E-state index contributed by atoms with van der Waals surface area (Å²) in [7, 11) is -0.337. The fraction of sp³-hybridized carbons (Fsp3) is 0.667. The monoisotopic (exact) mass is 425 g/mol. The fourth-order valence-electron chi connectivity index (χ4n) is 3.07. The lowest BCUT2D eigenvalue weighted by atomic mass is 10.2. The lowest BCUT2D eigenvalue weighted by molar-refractivity contribution is 0.173. The molecule has 0 unspecified atom stereocenters. The van der Waals surface area contributed by atoms with E-state index in [1.807, 2.05) is 19.1 Å². The quantitative estimate of drug-likeness (QED) is 0.324. The van der Waals surface area contributed by atoms with Gasteiger partial charge in [-0.05, 0) is 58.7 Å². The summed E-state index contributed by atoms with van der Waals surface area (Å²) in [6, 6.07) is 7.96. The largest absolute Gasteiger partial charge is 0.357 e. The van der Waals surface area contributed by atoms with Crippen molar-refractivity contribution in [2.45, 2.75) is 64.6 Å². The zero-order valence-corrected chi connectivity index (χ0v) is 19.9. The van der Waals surface area contributed by atoms with Gasteiger partial charge in [0.1, 0.15) is 0 Å². The van der Waals surface area contributed by atoms with Gasteiger partial charge in [-0.25, -0.2) is 17.7 Å². The molecule has 8 heteroatoms. The first kappa shape index (κ1) is 25.4. The number of aliphatic imine (C=N–C) groups is 1. The lowest BCUT2D eigenvalue weighted by Crippen LogP contribution is -2.41. The van der Waals surface area contributed by atoms with Gasteiger partial charge in [-0.1, -0.05) is 12.1 Å². The lowest BCUT2D eigenvalue weighted by Gasteiger charge is -2.30. The van der Waals surface area contributed by atoms with Crippen molar-refractivity contribution in [2.75, 3.05) is 33.7 Å². The van der Waals surface area contributed by atoms with Crippen LogP contribution in [0.25, 0.3) is 0 Å². The topological polar surface area (TPSA) is 77.0 Å². The van der Waals surface area contributed by atoms with Crippen LogP contribution in [0.1, 0.15) is 46.6 Å². The molecule has 29 heavy (non-hydrogen) atoms. The number of nitrogens with one attached hydrogen (secondary N) is 2. The maximum atomic E-state index is 12.1. The Balaban J connectivity index is 2.64. The molecule has 0 spiro atoms. The fourth-order valence-corrected chi connectivity index (χ4v) is 3.97. The molecule has 0 heterocycles. The Labute approximate surface area is 177 Å². The van der Waals surface area contributed by atoms with Crippen LogP contribution in [-0.2, 0) is 16.6 Å². The van der Waals surface area contributed by atoms with Crippen LogP contribution < -0.4 is 10.6 Å². The molecule has 0 atom stereocenters. The van der Waals surface area contributed by atoms with E-state index in [1.54, 1.807) is 12.1 Å². The van der Waals surface area contributed by atoms with E-state index in [9.17, 15) is 8.42 Å². The predicted molar refractivity (Wildman–Crippen MR) is 122 cm³/mol. The van der Waals surface area contributed by atoms with Crippen LogP contribution in [0, 0.1) is 0 Å². The van der Waals surface area contributed by atoms with E-state index in [-0.39, 0.29) is 0 Å². The van der Waals surface area contributed by atoms with Crippen molar-refractivity contribution in [3.63, 3.8) is 0 Å². The highest BCUT2D eigenvalue weighted by Crippen LogP contribution is 2.14. The van der Waals surface area contributed by atoms with E-state index in [2.05, 4.69) is 48.2 Å². The zero-order chi connectivity index (χ0) is 22.0. The molecule has 0 saturated heterocycles. The second kappa shape index (κ2) is 12.1. The van der Waals surface area contributed by atoms with E-state index in [0.717, 1.165) is 37.6 Å². The molecule has 0 bridgehead atoms. The first-order valence-corrected chi connectivity index (χ1v) is 11.8. The number of hydrogen-bond acceptors (Lipinski definition) is 4. The molecule has 7 nitrogen and oxygen atoms in total. The van der Waals surface area contributed by atoms with Crippen LogP contribution in [0.5, 0.6) is 0 Å². The Morgan fingerprint density at radius 1 is 1.03 bits per heavy atom. The molecule has 1 aromatic rings. The maximum Gasteiger partial charge on any atom is 0.242 e. The molecule has 0 saturated carbocycles. The zero-order valence-electron chi connectivity index (χ0n) is 19.1. The van der Waals surface area contributed by atoms with Crippen molar-refractivity contribution >= 4 is 16.0 Å². The van der Waals surface area contributed by atoms with Crippen molar-refractivity contribution in [3.05, 3.63) is 29.8 Å². The summed E-state index contributed by atoms with van der Waals surface area (Å²) < 4.78 is 25.5. The molecule has 166 valence electrons. The summed E-state index contributed by atoms with van der Waals surface area (Å²) in [5, 5.41) is 6.64. The predicted octanol–water partition coefficient (Wildman–Crippen LogP) is 2.50. The summed E-state index contributed by atoms with van der Waals surface area (Å²) in [5.41, 5.74) is 0.964. The molecule has 0 aliphatic heterocycles. The highest BCUT2D eigenvalue weighted by Gasteiger charge is 2.16. The Morgan fingerprint density at radius 3 is 2.10 bits per heavy atom. The molecule has 0 radical (unpaired) electrons. The molecule has 0 aromatic heterocycles. The molecular formula is C21H39N5O2S. The summed E-state index contributed by atoms with van der Waals surface area (Å²) in [4.78, 5) is 7.39. The molecular weight excluding hydrogens is 386 g/mol. The number of nitrogens with zero attached hydrogens (tertiary/aromatic N) is 3. The van der Waals surface area contributed by atoms with Crippen molar-refractivity contribution in [1.82, 2.24) is 19.8 Å². The number of rotatable bonds is 11. The SMILES string of the molecule is CCNC(=NCc1ccc(S(=O)(=O)N(C)C)cc1)NCCCN(C(C)C)C(C)C. The standard InChI is InChI=1S/C21H39N5O2S/c1-8-22-21(23-14-9-15-26(17(2)3)18(4)5)24-16-19-10-12-20(13-11-19)29(27,28)25(6)7/h10-13,17-18H,8-9,14-16H2,1-7H3,(H2,22,23,24). The summed E-state index contributed by atoms with van der Waals surface area (Å²) in [6.45, 7) is 14.1. The van der Waals surface area contributed by atoms with Crippen molar-refractivity contribution < 1.29 is 8.42 Å². The highest BCUT2D eigenvalue weighted by molar-refractivity contribution is 7.89. The molecule has 2 N–H and O–H groups in total. The minimum Gasteiger partial charge on any atom is -0.357 e. The van der Waals surface area contributed by atoms with Gasteiger partial charge >= 0.3 is 0 Å². The van der Waals surface area contributed by atoms with Crippen LogP contribution in [0.2, 0.25) is 0 Å². The second-order valence-electron chi connectivity index (χ2n) is 7.83. The normalized spacial score (nSPS) is 13.0. The number of guanidine groups is 1. The minimum absolute atomic E-state index is 0.292. The number of sulfonamides is 1. The van der Waals surface area contributed by atoms with Crippen LogP contribution in [0.4, 0.5) is 0 Å². The highest BCUT2D eigenvalue weighted by atomic mass is 32.2. The summed E-state index contributed by atoms with van der Waals surface area (Å²) in [5.74, 6) is 0.776. The van der Waals surface area contributed by atoms with Crippen LogP contribution >= 0.6 is 0 Å². The van der Waals surface area contributed by atoms with Gasteiger partial charge < -0.3 is 10.6 Å². The average Bonchev–Trinajstić information content (AvgIpc) is 2.65. The first-order chi connectivity index (χ1) is 13.6. The summed E-state index contributed by atoms with van der Waals surface area (Å²) in [6.07, 6.45) is 1.04. The van der Waals surface area contributed by atoms with Crippen molar-refractivity contribution in [2.24, 2.45) is 4.99 Å². The number of benzene rings is 1. The van der Waals surface area contributed by atoms with Crippen LogP contribution in [-0.4, -0.2) is 69.4 Å². The molecule has 1 aromatic carbocycles. The first-order valence-electron chi connectivity index (χ1n) is 10.4. The average molecular weight is 426 g/mol. The second-order valence-corrected chi connectivity index (χ2v) is 9.98. The van der Waals surface area contributed by atoms with Gasteiger partial charge in [-0.15, -0.1) is 0 Å². The maximum absolute atomic E-state index is 12.1. The van der Waals surface area contributed by atoms with Crippen LogP contribution in [0.15, 0.2) is 34.2 Å².